The Balaban J connectivity index is 1.61. The average molecular weight is 301 g/mol. The molecule has 3 rings (SSSR count). The van der Waals surface area contributed by atoms with Crippen molar-refractivity contribution in [1.82, 2.24) is 10.3 Å². The molecule has 0 amide bonds. The first-order valence-corrected chi connectivity index (χ1v) is 9.29. The molecule has 2 heterocycles. The van der Waals surface area contributed by atoms with Crippen molar-refractivity contribution in [3.05, 3.63) is 11.1 Å². The minimum absolute atomic E-state index is 0.0837. The predicted molar refractivity (Wildman–Crippen MR) is 77.4 cm³/mol. The lowest BCUT2D eigenvalue weighted by Gasteiger charge is -2.22. The number of anilines is 1. The van der Waals surface area contributed by atoms with Gasteiger partial charge in [0.1, 0.15) is 0 Å². The van der Waals surface area contributed by atoms with Crippen LogP contribution in [0.3, 0.4) is 0 Å². The van der Waals surface area contributed by atoms with Gasteiger partial charge in [-0.05, 0) is 19.3 Å². The van der Waals surface area contributed by atoms with Gasteiger partial charge in [-0.15, -0.1) is 11.3 Å². The van der Waals surface area contributed by atoms with Crippen LogP contribution < -0.4 is 10.2 Å². The summed E-state index contributed by atoms with van der Waals surface area (Å²) in [6.45, 7) is 0.874. The number of hydrogen-bond donors (Lipinski definition) is 1. The Hall–Kier alpha value is -0.660. The second kappa shape index (κ2) is 5.03. The van der Waals surface area contributed by atoms with Crippen LogP contribution in [0.5, 0.6) is 0 Å². The maximum absolute atomic E-state index is 11.5. The zero-order chi connectivity index (χ0) is 13.5. The second-order valence-electron chi connectivity index (χ2n) is 5.43. The molecule has 1 aromatic rings. The molecule has 1 aliphatic carbocycles. The Morgan fingerprint density at radius 2 is 2.26 bits per heavy atom. The number of nitrogens with zero attached hydrogens (tertiary/aromatic N) is 2. The van der Waals surface area contributed by atoms with Crippen molar-refractivity contribution in [1.29, 1.82) is 0 Å². The number of sulfone groups is 1. The highest BCUT2D eigenvalue weighted by molar-refractivity contribution is 7.91. The smallest absolute Gasteiger partial charge is 0.185 e. The molecule has 5 nitrogen and oxygen atoms in total. The SMILES string of the molecule is CN(c1ncc(CNC2CC2)s1)C1CCS(=O)(=O)C1. The Kier molecular flexibility index (Phi) is 3.53. The van der Waals surface area contributed by atoms with Crippen LogP contribution in [0, 0.1) is 0 Å². The van der Waals surface area contributed by atoms with E-state index in [2.05, 4.69) is 10.3 Å². The van der Waals surface area contributed by atoms with E-state index >= 15 is 0 Å². The van der Waals surface area contributed by atoms with Gasteiger partial charge in [0.25, 0.3) is 0 Å². The summed E-state index contributed by atoms with van der Waals surface area (Å²) in [6, 6.07) is 0.781. The Bertz CT molecular complexity index is 551. The van der Waals surface area contributed by atoms with Gasteiger partial charge in [-0.25, -0.2) is 13.4 Å². The quantitative estimate of drug-likeness (QED) is 0.880. The first kappa shape index (κ1) is 13.3. The van der Waals surface area contributed by atoms with Crippen LogP contribution in [0.2, 0.25) is 0 Å². The van der Waals surface area contributed by atoms with Crippen LogP contribution in [0.25, 0.3) is 0 Å². The molecule has 1 unspecified atom stereocenters. The van der Waals surface area contributed by atoms with E-state index in [1.54, 1.807) is 11.3 Å². The molecule has 2 fully saturated rings. The third-order valence-electron chi connectivity index (χ3n) is 3.74. The number of hydrogen-bond acceptors (Lipinski definition) is 6. The highest BCUT2D eigenvalue weighted by Crippen LogP contribution is 2.27. The molecule has 2 aliphatic rings. The van der Waals surface area contributed by atoms with Crippen LogP contribution in [-0.2, 0) is 16.4 Å². The summed E-state index contributed by atoms with van der Waals surface area (Å²) >= 11 is 1.66. The zero-order valence-corrected chi connectivity index (χ0v) is 12.6. The molecule has 0 spiro atoms. The van der Waals surface area contributed by atoms with E-state index in [-0.39, 0.29) is 11.8 Å². The van der Waals surface area contributed by atoms with Gasteiger partial charge >= 0.3 is 0 Å². The van der Waals surface area contributed by atoms with Gasteiger partial charge in [-0.1, -0.05) is 0 Å². The Morgan fingerprint density at radius 3 is 2.89 bits per heavy atom. The summed E-state index contributed by atoms with van der Waals surface area (Å²) in [6.07, 6.45) is 5.18. The van der Waals surface area contributed by atoms with Gasteiger partial charge in [-0.2, -0.15) is 0 Å². The topological polar surface area (TPSA) is 62.3 Å². The van der Waals surface area contributed by atoms with Crippen LogP contribution in [0.4, 0.5) is 5.13 Å². The lowest BCUT2D eigenvalue weighted by atomic mass is 10.2. The first-order chi connectivity index (χ1) is 9.03. The van der Waals surface area contributed by atoms with E-state index in [1.807, 2.05) is 18.1 Å². The largest absolute Gasteiger partial charge is 0.347 e. The van der Waals surface area contributed by atoms with E-state index in [0.717, 1.165) is 11.7 Å². The third-order valence-corrected chi connectivity index (χ3v) is 6.58. The van der Waals surface area contributed by atoms with Crippen LogP contribution in [-0.4, -0.2) is 44.0 Å². The molecule has 1 aromatic heterocycles. The molecule has 1 N–H and O–H groups in total. The minimum atomic E-state index is -2.83. The standard InChI is InChI=1S/C12H19N3O2S2/c1-15(10-4-5-19(16,17)8-10)12-14-7-11(18-12)6-13-9-2-3-9/h7,9-10,13H,2-6,8H2,1H3. The molecule has 0 bridgehead atoms. The summed E-state index contributed by atoms with van der Waals surface area (Å²) in [7, 11) is -0.885. The molecular weight excluding hydrogens is 282 g/mol. The summed E-state index contributed by atoms with van der Waals surface area (Å²) < 4.78 is 23.0. The fourth-order valence-electron chi connectivity index (χ4n) is 2.31. The fraction of sp³-hybridized carbons (Fsp3) is 0.750. The van der Waals surface area contributed by atoms with Crippen molar-refractivity contribution < 1.29 is 8.42 Å². The van der Waals surface area contributed by atoms with Gasteiger partial charge in [0.2, 0.25) is 0 Å². The Labute approximate surface area is 117 Å². The van der Waals surface area contributed by atoms with Crippen molar-refractivity contribution in [2.45, 2.75) is 37.9 Å². The van der Waals surface area contributed by atoms with E-state index in [1.165, 1.54) is 17.7 Å². The summed E-state index contributed by atoms with van der Waals surface area (Å²) in [5.74, 6) is 0.572. The highest BCUT2D eigenvalue weighted by Gasteiger charge is 2.31. The lowest BCUT2D eigenvalue weighted by molar-refractivity contribution is 0.601. The molecule has 1 atom stereocenters. The van der Waals surface area contributed by atoms with E-state index in [0.29, 0.717) is 18.2 Å². The van der Waals surface area contributed by atoms with Gasteiger partial charge in [-0.3, -0.25) is 0 Å². The van der Waals surface area contributed by atoms with Crippen LogP contribution >= 0.6 is 11.3 Å². The van der Waals surface area contributed by atoms with Crippen molar-refractivity contribution in [3.8, 4) is 0 Å². The van der Waals surface area contributed by atoms with Crippen molar-refractivity contribution in [2.24, 2.45) is 0 Å². The fourth-order valence-corrected chi connectivity index (χ4v) is 4.98. The molecule has 0 aromatic carbocycles. The lowest BCUT2D eigenvalue weighted by Crippen LogP contribution is -2.32. The number of rotatable bonds is 5. The van der Waals surface area contributed by atoms with Gasteiger partial charge in [0.05, 0.1) is 11.5 Å². The predicted octanol–water partition coefficient (Wildman–Crippen LogP) is 1.02. The van der Waals surface area contributed by atoms with Crippen molar-refractivity contribution in [3.63, 3.8) is 0 Å². The van der Waals surface area contributed by atoms with Crippen molar-refractivity contribution >= 4 is 26.3 Å². The zero-order valence-electron chi connectivity index (χ0n) is 11.0. The molecule has 106 valence electrons. The van der Waals surface area contributed by atoms with E-state index < -0.39 is 9.84 Å². The van der Waals surface area contributed by atoms with Gasteiger partial charge in [0, 0.05) is 36.8 Å². The minimum Gasteiger partial charge on any atom is -0.347 e. The molecule has 19 heavy (non-hydrogen) atoms. The van der Waals surface area contributed by atoms with E-state index in [9.17, 15) is 8.42 Å². The monoisotopic (exact) mass is 301 g/mol. The molecule has 1 aliphatic heterocycles. The van der Waals surface area contributed by atoms with Crippen molar-refractivity contribution in [2.75, 3.05) is 23.5 Å². The van der Waals surface area contributed by atoms with Gasteiger partial charge < -0.3 is 10.2 Å². The maximum Gasteiger partial charge on any atom is 0.185 e. The first-order valence-electron chi connectivity index (χ1n) is 6.65. The highest BCUT2D eigenvalue weighted by atomic mass is 32.2. The van der Waals surface area contributed by atoms with Crippen LogP contribution in [0.15, 0.2) is 6.20 Å². The molecule has 7 heteroatoms. The number of thiazole rings is 1. The third kappa shape index (κ3) is 3.27. The maximum atomic E-state index is 11.5. The summed E-state index contributed by atoms with van der Waals surface area (Å²) in [4.78, 5) is 7.66. The Morgan fingerprint density at radius 1 is 1.47 bits per heavy atom. The molecule has 1 saturated carbocycles. The van der Waals surface area contributed by atoms with E-state index in [4.69, 9.17) is 0 Å². The second-order valence-corrected chi connectivity index (χ2v) is 8.75. The summed E-state index contributed by atoms with van der Waals surface area (Å²) in [5, 5.41) is 4.39. The summed E-state index contributed by atoms with van der Waals surface area (Å²) in [5.41, 5.74) is 0. The van der Waals surface area contributed by atoms with Gasteiger partial charge in [0.15, 0.2) is 15.0 Å². The molecular formula is C12H19N3O2S2. The van der Waals surface area contributed by atoms with Crippen LogP contribution in [0.1, 0.15) is 24.1 Å². The molecule has 0 radical (unpaired) electrons. The number of nitrogens with one attached hydrogen (secondary N) is 1. The number of aromatic nitrogens is 1. The average Bonchev–Trinajstić information content (AvgIpc) is 2.95. The normalized spacial score (nSPS) is 25.6. The molecule has 1 saturated heterocycles.